The Morgan fingerprint density at radius 3 is 3.09 bits per heavy atom. The van der Waals surface area contributed by atoms with E-state index in [1.165, 1.54) is 12.0 Å². The van der Waals surface area contributed by atoms with Crippen molar-refractivity contribution in [1.82, 2.24) is 0 Å². The standard InChI is InChI=1S/C10H14O/c1-7-4-8-2-3-10(11)6-9(8)5-7/h5,8-9H,2-4,6H2,1H3. The molecule has 0 aliphatic heterocycles. The van der Waals surface area contributed by atoms with Crippen molar-refractivity contribution >= 4 is 5.78 Å². The summed E-state index contributed by atoms with van der Waals surface area (Å²) in [5.41, 5.74) is 1.50. The summed E-state index contributed by atoms with van der Waals surface area (Å²) in [7, 11) is 0. The second-order valence-corrected chi connectivity index (χ2v) is 3.92. The van der Waals surface area contributed by atoms with Crippen LogP contribution in [0.25, 0.3) is 0 Å². The highest BCUT2D eigenvalue weighted by Gasteiger charge is 2.31. The van der Waals surface area contributed by atoms with Gasteiger partial charge in [-0.05, 0) is 31.6 Å². The number of allylic oxidation sites excluding steroid dienone is 2. The Morgan fingerprint density at radius 1 is 1.45 bits per heavy atom. The largest absolute Gasteiger partial charge is 0.300 e. The van der Waals surface area contributed by atoms with Crippen LogP contribution < -0.4 is 0 Å². The third-order valence-electron chi connectivity index (χ3n) is 2.95. The summed E-state index contributed by atoms with van der Waals surface area (Å²) in [4.78, 5) is 11.1. The van der Waals surface area contributed by atoms with E-state index in [0.29, 0.717) is 11.7 Å². The molecule has 2 aliphatic carbocycles. The van der Waals surface area contributed by atoms with Crippen LogP contribution >= 0.6 is 0 Å². The van der Waals surface area contributed by atoms with E-state index in [9.17, 15) is 4.79 Å². The van der Waals surface area contributed by atoms with Crippen LogP contribution in [0, 0.1) is 11.8 Å². The first-order valence-electron chi connectivity index (χ1n) is 4.44. The highest BCUT2D eigenvalue weighted by atomic mass is 16.1. The van der Waals surface area contributed by atoms with Gasteiger partial charge < -0.3 is 0 Å². The van der Waals surface area contributed by atoms with Gasteiger partial charge in [0, 0.05) is 12.8 Å². The molecule has 2 unspecified atom stereocenters. The number of ketones is 1. The molecule has 60 valence electrons. The van der Waals surface area contributed by atoms with Crippen molar-refractivity contribution in [2.75, 3.05) is 0 Å². The van der Waals surface area contributed by atoms with E-state index in [2.05, 4.69) is 13.0 Å². The van der Waals surface area contributed by atoms with Gasteiger partial charge >= 0.3 is 0 Å². The number of Topliss-reactive ketones (excluding diaryl/α,β-unsaturated/α-hetero) is 1. The smallest absolute Gasteiger partial charge is 0.133 e. The van der Waals surface area contributed by atoms with Gasteiger partial charge in [0.15, 0.2) is 0 Å². The molecule has 0 saturated heterocycles. The molecule has 0 heterocycles. The number of rotatable bonds is 0. The summed E-state index contributed by atoms with van der Waals surface area (Å²) < 4.78 is 0. The van der Waals surface area contributed by atoms with E-state index in [0.717, 1.165) is 25.2 Å². The van der Waals surface area contributed by atoms with Crippen LogP contribution in [0.5, 0.6) is 0 Å². The summed E-state index contributed by atoms with van der Waals surface area (Å²) in [6, 6.07) is 0. The summed E-state index contributed by atoms with van der Waals surface area (Å²) >= 11 is 0. The lowest BCUT2D eigenvalue weighted by Crippen LogP contribution is -2.20. The van der Waals surface area contributed by atoms with E-state index in [1.807, 2.05) is 0 Å². The van der Waals surface area contributed by atoms with Crippen molar-refractivity contribution in [1.29, 1.82) is 0 Å². The number of carbonyl (C=O) groups is 1. The number of hydrogen-bond acceptors (Lipinski definition) is 1. The average molecular weight is 150 g/mol. The Kier molecular flexibility index (Phi) is 1.59. The van der Waals surface area contributed by atoms with Gasteiger partial charge in [0.25, 0.3) is 0 Å². The molecule has 1 heteroatoms. The second kappa shape index (κ2) is 2.47. The Bertz CT molecular complexity index is 215. The molecule has 2 rings (SSSR count). The van der Waals surface area contributed by atoms with Crippen LogP contribution in [0.3, 0.4) is 0 Å². The van der Waals surface area contributed by atoms with Crippen molar-refractivity contribution in [3.8, 4) is 0 Å². The summed E-state index contributed by atoms with van der Waals surface area (Å²) in [6.45, 7) is 2.18. The van der Waals surface area contributed by atoms with Crippen molar-refractivity contribution in [3.63, 3.8) is 0 Å². The minimum atomic E-state index is 0.470. The molecule has 1 fully saturated rings. The molecule has 11 heavy (non-hydrogen) atoms. The second-order valence-electron chi connectivity index (χ2n) is 3.92. The predicted octanol–water partition coefficient (Wildman–Crippen LogP) is 2.32. The topological polar surface area (TPSA) is 17.1 Å². The van der Waals surface area contributed by atoms with Gasteiger partial charge in [-0.15, -0.1) is 0 Å². The molecular weight excluding hydrogens is 136 g/mol. The Balaban J connectivity index is 2.10. The highest BCUT2D eigenvalue weighted by Crippen LogP contribution is 2.39. The van der Waals surface area contributed by atoms with Gasteiger partial charge in [-0.25, -0.2) is 0 Å². The molecule has 0 aromatic carbocycles. The molecule has 0 N–H and O–H groups in total. The summed E-state index contributed by atoms with van der Waals surface area (Å²) in [5.74, 6) is 1.89. The highest BCUT2D eigenvalue weighted by molar-refractivity contribution is 5.79. The van der Waals surface area contributed by atoms with Crippen LogP contribution in [-0.4, -0.2) is 5.78 Å². The van der Waals surface area contributed by atoms with Gasteiger partial charge in [0.2, 0.25) is 0 Å². The fourth-order valence-corrected chi connectivity index (χ4v) is 2.39. The van der Waals surface area contributed by atoms with Gasteiger partial charge in [0.05, 0.1) is 0 Å². The minimum Gasteiger partial charge on any atom is -0.300 e. The molecular formula is C10H14O. The SMILES string of the molecule is CC1=CC2CC(=O)CCC2C1. The van der Waals surface area contributed by atoms with Gasteiger partial charge in [-0.1, -0.05) is 11.6 Å². The molecule has 1 nitrogen and oxygen atoms in total. The van der Waals surface area contributed by atoms with Gasteiger partial charge in [-0.3, -0.25) is 4.79 Å². The Morgan fingerprint density at radius 2 is 2.27 bits per heavy atom. The van der Waals surface area contributed by atoms with Crippen LogP contribution in [0.1, 0.15) is 32.6 Å². The third-order valence-corrected chi connectivity index (χ3v) is 2.95. The normalized spacial score (nSPS) is 36.8. The zero-order valence-electron chi connectivity index (χ0n) is 6.97. The third kappa shape index (κ3) is 1.24. The summed E-state index contributed by atoms with van der Waals surface area (Å²) in [5, 5.41) is 0. The fourth-order valence-electron chi connectivity index (χ4n) is 2.39. The summed E-state index contributed by atoms with van der Waals surface area (Å²) in [6.07, 6.45) is 6.35. The molecule has 0 aromatic rings. The average Bonchev–Trinajstić information content (AvgIpc) is 2.27. The first-order chi connectivity index (χ1) is 5.25. The molecule has 0 aromatic heterocycles. The van der Waals surface area contributed by atoms with Gasteiger partial charge in [0.1, 0.15) is 5.78 Å². The molecule has 0 bridgehead atoms. The minimum absolute atomic E-state index is 0.470. The molecule has 0 spiro atoms. The van der Waals surface area contributed by atoms with E-state index in [1.54, 1.807) is 0 Å². The number of hydrogen-bond donors (Lipinski definition) is 0. The Hall–Kier alpha value is -0.590. The monoisotopic (exact) mass is 150 g/mol. The van der Waals surface area contributed by atoms with E-state index >= 15 is 0 Å². The van der Waals surface area contributed by atoms with Crippen molar-refractivity contribution in [3.05, 3.63) is 11.6 Å². The zero-order valence-corrected chi connectivity index (χ0v) is 6.97. The van der Waals surface area contributed by atoms with E-state index in [4.69, 9.17) is 0 Å². The first kappa shape index (κ1) is 7.08. The lowest BCUT2D eigenvalue weighted by atomic mass is 9.81. The van der Waals surface area contributed by atoms with Crippen molar-refractivity contribution < 1.29 is 4.79 Å². The van der Waals surface area contributed by atoms with Crippen LogP contribution in [-0.2, 0) is 4.79 Å². The molecule has 1 saturated carbocycles. The maximum absolute atomic E-state index is 11.1. The van der Waals surface area contributed by atoms with E-state index in [-0.39, 0.29) is 0 Å². The Labute approximate surface area is 67.5 Å². The van der Waals surface area contributed by atoms with Gasteiger partial charge in [-0.2, -0.15) is 0 Å². The first-order valence-corrected chi connectivity index (χ1v) is 4.44. The number of fused-ring (bicyclic) bond motifs is 1. The lowest BCUT2D eigenvalue weighted by molar-refractivity contribution is -0.121. The quantitative estimate of drug-likeness (QED) is 0.484. The number of carbonyl (C=O) groups excluding carboxylic acids is 1. The molecule has 0 amide bonds. The lowest BCUT2D eigenvalue weighted by Gasteiger charge is -2.23. The zero-order chi connectivity index (χ0) is 7.84. The molecule has 2 aliphatic rings. The van der Waals surface area contributed by atoms with Crippen LogP contribution in [0.2, 0.25) is 0 Å². The fraction of sp³-hybridized carbons (Fsp3) is 0.700. The molecule has 0 radical (unpaired) electrons. The van der Waals surface area contributed by atoms with Crippen molar-refractivity contribution in [2.45, 2.75) is 32.6 Å². The van der Waals surface area contributed by atoms with Crippen molar-refractivity contribution in [2.24, 2.45) is 11.8 Å². The van der Waals surface area contributed by atoms with E-state index < -0.39 is 0 Å². The van der Waals surface area contributed by atoms with Crippen LogP contribution in [0.4, 0.5) is 0 Å². The molecule has 2 atom stereocenters. The maximum Gasteiger partial charge on any atom is 0.133 e. The maximum atomic E-state index is 11.1. The predicted molar refractivity (Wildman–Crippen MR) is 44.2 cm³/mol. The van der Waals surface area contributed by atoms with Crippen LogP contribution in [0.15, 0.2) is 11.6 Å².